The van der Waals surface area contributed by atoms with Crippen molar-refractivity contribution in [3.05, 3.63) is 24.2 Å². The van der Waals surface area contributed by atoms with Gasteiger partial charge in [0.1, 0.15) is 5.76 Å². The van der Waals surface area contributed by atoms with Crippen LogP contribution in [-0.2, 0) is 5.75 Å². The van der Waals surface area contributed by atoms with Gasteiger partial charge in [0.15, 0.2) is 0 Å². The largest absolute Gasteiger partial charge is 0.468 e. The Kier molecular flexibility index (Phi) is 7.43. The number of hydrogen-bond acceptors (Lipinski definition) is 3. The highest BCUT2D eigenvalue weighted by Gasteiger charge is 1.99. The lowest BCUT2D eigenvalue weighted by Gasteiger charge is -2.11. The number of furan rings is 1. The Morgan fingerprint density at radius 2 is 2.31 bits per heavy atom. The molecule has 1 heterocycles. The van der Waals surface area contributed by atoms with E-state index in [4.69, 9.17) is 4.42 Å². The zero-order valence-corrected chi connectivity index (χ0v) is 11.2. The van der Waals surface area contributed by atoms with Crippen LogP contribution in [0, 0.1) is 0 Å². The average molecular weight is 241 g/mol. The van der Waals surface area contributed by atoms with Crippen LogP contribution in [0.5, 0.6) is 0 Å². The molecule has 1 atom stereocenters. The normalized spacial score (nSPS) is 12.9. The number of thioether (sulfide) groups is 1. The molecule has 0 saturated carbocycles. The van der Waals surface area contributed by atoms with Crippen LogP contribution in [0.4, 0.5) is 0 Å². The van der Waals surface area contributed by atoms with Gasteiger partial charge >= 0.3 is 0 Å². The first-order valence-electron chi connectivity index (χ1n) is 6.16. The second-order valence-corrected chi connectivity index (χ2v) is 5.19. The average Bonchev–Trinajstić information content (AvgIpc) is 2.76. The minimum absolute atomic E-state index is 0.667. The Morgan fingerprint density at radius 3 is 3.00 bits per heavy atom. The molecule has 0 radical (unpaired) electrons. The molecule has 16 heavy (non-hydrogen) atoms. The molecule has 0 bridgehead atoms. The van der Waals surface area contributed by atoms with Gasteiger partial charge in [-0.25, -0.2) is 0 Å². The fourth-order valence-electron chi connectivity index (χ4n) is 1.67. The van der Waals surface area contributed by atoms with Crippen LogP contribution in [0.2, 0.25) is 0 Å². The molecule has 1 unspecified atom stereocenters. The molecule has 0 amide bonds. The summed E-state index contributed by atoms with van der Waals surface area (Å²) in [7, 11) is 0. The molecule has 0 aliphatic rings. The maximum Gasteiger partial charge on any atom is 0.113 e. The van der Waals surface area contributed by atoms with Crippen molar-refractivity contribution in [1.82, 2.24) is 5.32 Å². The highest BCUT2D eigenvalue weighted by atomic mass is 32.2. The lowest BCUT2D eigenvalue weighted by Crippen LogP contribution is -2.25. The van der Waals surface area contributed by atoms with Gasteiger partial charge in [0, 0.05) is 6.04 Å². The molecular weight excluding hydrogens is 218 g/mol. The van der Waals surface area contributed by atoms with E-state index in [2.05, 4.69) is 19.2 Å². The first-order valence-corrected chi connectivity index (χ1v) is 7.32. The second-order valence-electron chi connectivity index (χ2n) is 4.09. The summed E-state index contributed by atoms with van der Waals surface area (Å²) in [6.45, 7) is 5.50. The molecule has 1 rings (SSSR count). The Labute approximate surface area is 103 Å². The molecular formula is C13H23NOS. The summed E-state index contributed by atoms with van der Waals surface area (Å²) in [6.07, 6.45) is 5.66. The Bertz CT molecular complexity index is 248. The van der Waals surface area contributed by atoms with Gasteiger partial charge in [-0.05, 0) is 44.2 Å². The summed E-state index contributed by atoms with van der Waals surface area (Å²) in [5.41, 5.74) is 0. The van der Waals surface area contributed by atoms with Gasteiger partial charge in [-0.1, -0.05) is 13.3 Å². The van der Waals surface area contributed by atoms with Crippen LogP contribution in [0.1, 0.15) is 38.9 Å². The quantitative estimate of drug-likeness (QED) is 0.668. The zero-order valence-electron chi connectivity index (χ0n) is 10.4. The predicted octanol–water partition coefficient (Wildman–Crippen LogP) is 3.68. The summed E-state index contributed by atoms with van der Waals surface area (Å²) in [5.74, 6) is 3.33. The monoisotopic (exact) mass is 241 g/mol. The smallest absolute Gasteiger partial charge is 0.113 e. The summed E-state index contributed by atoms with van der Waals surface area (Å²) in [4.78, 5) is 0. The van der Waals surface area contributed by atoms with Gasteiger partial charge in [0.05, 0.1) is 12.0 Å². The highest BCUT2D eigenvalue weighted by Crippen LogP contribution is 2.14. The Balaban J connectivity index is 1.88. The van der Waals surface area contributed by atoms with Gasteiger partial charge < -0.3 is 9.73 Å². The summed E-state index contributed by atoms with van der Waals surface area (Å²) in [5, 5.41) is 3.44. The minimum atomic E-state index is 0.667. The molecule has 0 fully saturated rings. The van der Waals surface area contributed by atoms with E-state index in [-0.39, 0.29) is 0 Å². The highest BCUT2D eigenvalue weighted by molar-refractivity contribution is 7.98. The van der Waals surface area contributed by atoms with Gasteiger partial charge in [0.25, 0.3) is 0 Å². The van der Waals surface area contributed by atoms with E-state index >= 15 is 0 Å². The summed E-state index contributed by atoms with van der Waals surface area (Å²) in [6, 6.07) is 4.66. The maximum absolute atomic E-state index is 5.28. The Hall–Kier alpha value is -0.410. The van der Waals surface area contributed by atoms with Crippen molar-refractivity contribution in [1.29, 1.82) is 0 Å². The second kappa shape index (κ2) is 8.71. The first kappa shape index (κ1) is 13.7. The molecule has 0 aliphatic heterocycles. The standard InChI is InChI=1S/C13H23NOS/c1-3-14-12(2)7-4-5-10-16-11-13-8-6-9-15-13/h6,8-9,12,14H,3-5,7,10-11H2,1-2H3. The van der Waals surface area contributed by atoms with Gasteiger partial charge in [-0.15, -0.1) is 0 Å². The third-order valence-corrected chi connectivity index (χ3v) is 3.62. The molecule has 0 aromatic carbocycles. The number of unbranched alkanes of at least 4 members (excludes halogenated alkanes) is 1. The SMILES string of the molecule is CCNC(C)CCCCSCc1ccco1. The van der Waals surface area contributed by atoms with Crippen LogP contribution in [0.25, 0.3) is 0 Å². The van der Waals surface area contributed by atoms with Gasteiger partial charge in [-0.3, -0.25) is 0 Å². The van der Waals surface area contributed by atoms with E-state index in [1.54, 1.807) is 6.26 Å². The summed E-state index contributed by atoms with van der Waals surface area (Å²) >= 11 is 1.96. The molecule has 92 valence electrons. The Morgan fingerprint density at radius 1 is 1.44 bits per heavy atom. The van der Waals surface area contributed by atoms with E-state index < -0.39 is 0 Å². The zero-order chi connectivity index (χ0) is 11.6. The third kappa shape index (κ3) is 6.23. The van der Waals surface area contributed by atoms with Crippen LogP contribution in [0.3, 0.4) is 0 Å². The fraction of sp³-hybridized carbons (Fsp3) is 0.692. The van der Waals surface area contributed by atoms with Crippen LogP contribution in [0.15, 0.2) is 22.8 Å². The van der Waals surface area contributed by atoms with Crippen molar-refractivity contribution < 1.29 is 4.42 Å². The molecule has 1 aromatic heterocycles. The van der Waals surface area contributed by atoms with E-state index in [9.17, 15) is 0 Å². The molecule has 0 aliphatic carbocycles. The van der Waals surface area contributed by atoms with E-state index in [1.165, 1.54) is 25.0 Å². The van der Waals surface area contributed by atoms with Crippen molar-refractivity contribution in [2.75, 3.05) is 12.3 Å². The number of rotatable bonds is 9. The molecule has 0 spiro atoms. The number of nitrogens with one attached hydrogen (secondary N) is 1. The van der Waals surface area contributed by atoms with Crippen molar-refractivity contribution in [3.8, 4) is 0 Å². The van der Waals surface area contributed by atoms with E-state index in [1.807, 2.05) is 23.9 Å². The first-order chi connectivity index (χ1) is 7.83. The predicted molar refractivity (Wildman–Crippen MR) is 71.9 cm³/mol. The van der Waals surface area contributed by atoms with E-state index in [0.717, 1.165) is 18.1 Å². The van der Waals surface area contributed by atoms with Crippen molar-refractivity contribution in [3.63, 3.8) is 0 Å². The van der Waals surface area contributed by atoms with Crippen molar-refractivity contribution >= 4 is 11.8 Å². The molecule has 0 saturated heterocycles. The van der Waals surface area contributed by atoms with Crippen molar-refractivity contribution in [2.45, 2.75) is 44.9 Å². The maximum atomic E-state index is 5.28. The van der Waals surface area contributed by atoms with Gasteiger partial charge in [0.2, 0.25) is 0 Å². The van der Waals surface area contributed by atoms with Crippen LogP contribution >= 0.6 is 11.8 Å². The molecule has 3 heteroatoms. The topological polar surface area (TPSA) is 25.2 Å². The third-order valence-electron chi connectivity index (χ3n) is 2.55. The van der Waals surface area contributed by atoms with Gasteiger partial charge in [-0.2, -0.15) is 11.8 Å². The molecule has 1 aromatic rings. The minimum Gasteiger partial charge on any atom is -0.468 e. The van der Waals surface area contributed by atoms with Crippen molar-refractivity contribution in [2.24, 2.45) is 0 Å². The number of hydrogen-bond donors (Lipinski definition) is 1. The lowest BCUT2D eigenvalue weighted by molar-refractivity contribution is 0.510. The van der Waals surface area contributed by atoms with Crippen LogP contribution in [-0.4, -0.2) is 18.3 Å². The molecule has 2 nitrogen and oxygen atoms in total. The fourth-order valence-corrected chi connectivity index (χ4v) is 2.59. The van der Waals surface area contributed by atoms with Crippen LogP contribution < -0.4 is 5.32 Å². The summed E-state index contributed by atoms with van der Waals surface area (Å²) < 4.78 is 5.28. The lowest BCUT2D eigenvalue weighted by atomic mass is 10.1. The molecule has 1 N–H and O–H groups in total. The van der Waals surface area contributed by atoms with E-state index in [0.29, 0.717) is 6.04 Å².